The fraction of sp³-hybridized carbons (Fsp3) is 0.727. The molecule has 0 aromatic heterocycles. The third-order valence-corrected chi connectivity index (χ3v) is 2.53. The number of nitrogens with zero attached hydrogens (tertiary/aromatic N) is 1. The minimum absolute atomic E-state index is 0.264. The van der Waals surface area contributed by atoms with E-state index in [0.717, 1.165) is 51.6 Å². The van der Waals surface area contributed by atoms with Gasteiger partial charge in [0.15, 0.2) is 0 Å². The van der Waals surface area contributed by atoms with Crippen LogP contribution < -0.4 is 0 Å². The quantitative estimate of drug-likeness (QED) is 0.368. The van der Waals surface area contributed by atoms with Crippen LogP contribution in [0.15, 0.2) is 0 Å². The number of unbranched alkanes of at least 4 members (excludes halogenated alkanes) is 1. The van der Waals surface area contributed by atoms with Crippen molar-refractivity contribution in [3.63, 3.8) is 0 Å². The van der Waals surface area contributed by atoms with Crippen molar-refractivity contribution in [3.05, 3.63) is 0 Å². The lowest BCUT2D eigenvalue weighted by atomic mass is 9.99. The second-order valence-corrected chi connectivity index (χ2v) is 3.65. The Balaban J connectivity index is 2.18. The Morgan fingerprint density at radius 2 is 2.46 bits per heavy atom. The molecule has 0 aromatic carbocycles. The molecule has 0 radical (unpaired) electrons. The molecule has 0 saturated carbocycles. The number of aldehydes is 1. The largest absolute Gasteiger partial charge is 0.303 e. The number of piperidine rings is 1. The van der Waals surface area contributed by atoms with Crippen LogP contribution in [0.4, 0.5) is 0 Å². The summed E-state index contributed by atoms with van der Waals surface area (Å²) >= 11 is 0. The maximum atomic E-state index is 10.6. The maximum Gasteiger partial charge on any atom is 0.124 e. The fourth-order valence-corrected chi connectivity index (χ4v) is 1.81. The van der Waals surface area contributed by atoms with Crippen LogP contribution in [0.25, 0.3) is 0 Å². The molecule has 0 spiro atoms. The molecule has 1 aliphatic rings. The van der Waals surface area contributed by atoms with Gasteiger partial charge in [-0.2, -0.15) is 0 Å². The standard InChI is InChI=1S/C11H17NO/c1-2-3-4-7-12-8-5-6-11(9-12)10-13/h1,10-11H,3-9H2. The van der Waals surface area contributed by atoms with Crippen molar-refractivity contribution in [3.8, 4) is 12.3 Å². The number of likely N-dealkylation sites (tertiary alicyclic amines) is 1. The molecule has 1 unspecified atom stereocenters. The highest BCUT2D eigenvalue weighted by atomic mass is 16.1. The summed E-state index contributed by atoms with van der Waals surface area (Å²) in [5, 5.41) is 0. The van der Waals surface area contributed by atoms with Gasteiger partial charge in [0.05, 0.1) is 0 Å². The molecule has 0 N–H and O–H groups in total. The third-order valence-electron chi connectivity index (χ3n) is 2.53. The van der Waals surface area contributed by atoms with E-state index in [1.165, 1.54) is 0 Å². The van der Waals surface area contributed by atoms with E-state index in [4.69, 9.17) is 6.42 Å². The number of carbonyl (C=O) groups excluding carboxylic acids is 1. The lowest BCUT2D eigenvalue weighted by molar-refractivity contribution is -0.112. The lowest BCUT2D eigenvalue weighted by Gasteiger charge is -2.29. The molecule has 13 heavy (non-hydrogen) atoms. The first-order valence-electron chi connectivity index (χ1n) is 4.98. The zero-order valence-electron chi connectivity index (χ0n) is 8.04. The Labute approximate surface area is 80.3 Å². The Bertz CT molecular complexity index is 195. The third kappa shape index (κ3) is 3.61. The molecule has 1 rings (SSSR count). The summed E-state index contributed by atoms with van der Waals surface area (Å²) < 4.78 is 0. The van der Waals surface area contributed by atoms with E-state index in [2.05, 4.69) is 10.8 Å². The summed E-state index contributed by atoms with van der Waals surface area (Å²) in [6.07, 6.45) is 10.4. The van der Waals surface area contributed by atoms with Gasteiger partial charge in [-0.05, 0) is 32.4 Å². The predicted octanol–water partition coefficient (Wildman–Crippen LogP) is 1.31. The molecule has 1 saturated heterocycles. The molecule has 72 valence electrons. The Kier molecular flexibility index (Phi) is 4.56. The normalized spacial score (nSPS) is 23.8. The van der Waals surface area contributed by atoms with E-state index in [0.29, 0.717) is 0 Å². The maximum absolute atomic E-state index is 10.6. The van der Waals surface area contributed by atoms with Crippen LogP contribution in [0.2, 0.25) is 0 Å². The Morgan fingerprint density at radius 1 is 1.62 bits per heavy atom. The van der Waals surface area contributed by atoms with Gasteiger partial charge in [0.2, 0.25) is 0 Å². The average molecular weight is 179 g/mol. The molecule has 0 amide bonds. The molecule has 2 heteroatoms. The molecule has 1 fully saturated rings. The highest BCUT2D eigenvalue weighted by Crippen LogP contribution is 2.14. The van der Waals surface area contributed by atoms with E-state index in [-0.39, 0.29) is 5.92 Å². The fourth-order valence-electron chi connectivity index (χ4n) is 1.81. The number of rotatable bonds is 4. The smallest absolute Gasteiger partial charge is 0.124 e. The molecule has 1 atom stereocenters. The van der Waals surface area contributed by atoms with Gasteiger partial charge in [-0.25, -0.2) is 0 Å². The second-order valence-electron chi connectivity index (χ2n) is 3.65. The van der Waals surface area contributed by atoms with E-state index in [1.807, 2.05) is 0 Å². The average Bonchev–Trinajstić information content (AvgIpc) is 2.19. The summed E-state index contributed by atoms with van der Waals surface area (Å²) in [6.45, 7) is 3.12. The summed E-state index contributed by atoms with van der Waals surface area (Å²) in [7, 11) is 0. The van der Waals surface area contributed by atoms with Gasteiger partial charge in [-0.3, -0.25) is 0 Å². The molecule has 1 heterocycles. The van der Waals surface area contributed by atoms with Gasteiger partial charge >= 0.3 is 0 Å². The van der Waals surface area contributed by atoms with Crippen molar-refractivity contribution >= 4 is 6.29 Å². The van der Waals surface area contributed by atoms with Crippen molar-refractivity contribution in [2.45, 2.75) is 25.7 Å². The number of carbonyl (C=O) groups is 1. The summed E-state index contributed by atoms with van der Waals surface area (Å²) in [6, 6.07) is 0. The first kappa shape index (κ1) is 10.3. The number of hydrogen-bond acceptors (Lipinski definition) is 2. The van der Waals surface area contributed by atoms with E-state index in [9.17, 15) is 4.79 Å². The van der Waals surface area contributed by atoms with Gasteiger partial charge < -0.3 is 9.69 Å². The van der Waals surface area contributed by atoms with Crippen LogP contribution in [0.5, 0.6) is 0 Å². The molecule has 0 bridgehead atoms. The van der Waals surface area contributed by atoms with E-state index >= 15 is 0 Å². The van der Waals surface area contributed by atoms with Crippen molar-refractivity contribution in [2.24, 2.45) is 5.92 Å². The van der Waals surface area contributed by atoms with Gasteiger partial charge in [-0.15, -0.1) is 12.3 Å². The van der Waals surface area contributed by atoms with Crippen LogP contribution >= 0.6 is 0 Å². The first-order chi connectivity index (χ1) is 6.36. The molecule has 2 nitrogen and oxygen atoms in total. The molecule has 1 aliphatic heterocycles. The minimum atomic E-state index is 0.264. The van der Waals surface area contributed by atoms with Crippen LogP contribution in [-0.2, 0) is 4.79 Å². The van der Waals surface area contributed by atoms with E-state index < -0.39 is 0 Å². The number of terminal acetylenes is 1. The summed E-state index contributed by atoms with van der Waals surface area (Å²) in [5.41, 5.74) is 0. The zero-order chi connectivity index (χ0) is 9.52. The summed E-state index contributed by atoms with van der Waals surface area (Å²) in [5.74, 6) is 2.90. The van der Waals surface area contributed by atoms with Crippen molar-refractivity contribution in [2.75, 3.05) is 19.6 Å². The zero-order valence-corrected chi connectivity index (χ0v) is 8.04. The van der Waals surface area contributed by atoms with Gasteiger partial charge in [0.1, 0.15) is 6.29 Å². The van der Waals surface area contributed by atoms with Gasteiger partial charge in [0.25, 0.3) is 0 Å². The molecule has 0 aliphatic carbocycles. The van der Waals surface area contributed by atoms with Gasteiger partial charge in [0, 0.05) is 18.9 Å². The molecular weight excluding hydrogens is 162 g/mol. The highest BCUT2D eigenvalue weighted by molar-refractivity contribution is 5.53. The second kappa shape index (κ2) is 5.77. The summed E-state index contributed by atoms with van der Waals surface area (Å²) in [4.78, 5) is 12.9. The first-order valence-corrected chi connectivity index (χ1v) is 4.98. The SMILES string of the molecule is C#CCCCN1CCCC(C=O)C1. The monoisotopic (exact) mass is 179 g/mol. The van der Waals surface area contributed by atoms with Crippen molar-refractivity contribution in [1.29, 1.82) is 0 Å². The highest BCUT2D eigenvalue weighted by Gasteiger charge is 2.18. The Hall–Kier alpha value is -0.810. The minimum Gasteiger partial charge on any atom is -0.303 e. The van der Waals surface area contributed by atoms with Crippen molar-refractivity contribution < 1.29 is 4.79 Å². The number of hydrogen-bond donors (Lipinski definition) is 0. The lowest BCUT2D eigenvalue weighted by Crippen LogP contribution is -2.36. The van der Waals surface area contributed by atoms with Crippen LogP contribution in [0.3, 0.4) is 0 Å². The van der Waals surface area contributed by atoms with Crippen LogP contribution in [0, 0.1) is 18.3 Å². The van der Waals surface area contributed by atoms with Gasteiger partial charge in [-0.1, -0.05) is 0 Å². The van der Waals surface area contributed by atoms with Crippen LogP contribution in [0.1, 0.15) is 25.7 Å². The molecule has 0 aromatic rings. The molecular formula is C11H17NO. The van der Waals surface area contributed by atoms with Crippen LogP contribution in [-0.4, -0.2) is 30.8 Å². The Morgan fingerprint density at radius 3 is 3.15 bits per heavy atom. The predicted molar refractivity (Wildman–Crippen MR) is 53.3 cm³/mol. The van der Waals surface area contributed by atoms with Crippen molar-refractivity contribution in [1.82, 2.24) is 4.90 Å². The van der Waals surface area contributed by atoms with E-state index in [1.54, 1.807) is 0 Å². The topological polar surface area (TPSA) is 20.3 Å².